The molecule has 2 atom stereocenters. The van der Waals surface area contributed by atoms with Gasteiger partial charge in [0.25, 0.3) is 5.91 Å². The van der Waals surface area contributed by atoms with E-state index in [0.717, 1.165) is 17.7 Å². The van der Waals surface area contributed by atoms with Crippen molar-refractivity contribution in [2.75, 3.05) is 7.11 Å². The molecule has 0 saturated heterocycles. The number of hydrogen-bond acceptors (Lipinski definition) is 3. The third-order valence-electron chi connectivity index (χ3n) is 5.46. The van der Waals surface area contributed by atoms with Gasteiger partial charge in [-0.2, -0.15) is 13.2 Å². The molecule has 1 amide bonds. The molecule has 178 valence electrons. The minimum atomic E-state index is -5.00. The smallest absolute Gasteiger partial charge is 0.421 e. The molecule has 0 fully saturated rings. The molecule has 0 aliphatic carbocycles. The summed E-state index contributed by atoms with van der Waals surface area (Å²) in [6.45, 7) is 7.74. The molecule has 2 aromatic rings. The Morgan fingerprint density at radius 1 is 1.21 bits per heavy atom. The van der Waals surface area contributed by atoms with Crippen molar-refractivity contribution in [1.29, 1.82) is 0 Å². The maximum atomic E-state index is 14.0. The fourth-order valence-corrected chi connectivity index (χ4v) is 3.72. The SMILES string of the molecule is C=C=CC(O)(CC(C)(C)c1ccc(F)cc1C(=O)NC(C)c1ccc(OC)cc1)C(F)(F)F. The van der Waals surface area contributed by atoms with Crippen LogP contribution in [0.5, 0.6) is 5.75 Å². The zero-order chi connectivity index (χ0) is 25.0. The lowest BCUT2D eigenvalue weighted by molar-refractivity contribution is -0.245. The highest BCUT2D eigenvalue weighted by atomic mass is 19.4. The van der Waals surface area contributed by atoms with E-state index < -0.39 is 41.4 Å². The third-order valence-corrected chi connectivity index (χ3v) is 5.46. The van der Waals surface area contributed by atoms with Crippen molar-refractivity contribution < 1.29 is 32.2 Å². The van der Waals surface area contributed by atoms with Crippen LogP contribution in [0.4, 0.5) is 17.6 Å². The van der Waals surface area contributed by atoms with E-state index in [1.54, 1.807) is 31.2 Å². The van der Waals surface area contributed by atoms with Crippen molar-refractivity contribution in [3.05, 3.63) is 83.4 Å². The largest absolute Gasteiger partial charge is 0.497 e. The first kappa shape index (κ1) is 26.2. The molecule has 0 heterocycles. The standard InChI is InChI=1S/C25H27F4NO3/c1-6-13-24(32,25(27,28)29)15-23(3,4)21-12-9-18(26)14-20(21)22(31)30-16(2)17-7-10-19(33-5)11-8-17/h7-14,16,32H,1,15H2,2-5H3,(H,30,31). The number of amides is 1. The summed E-state index contributed by atoms with van der Waals surface area (Å²) in [5, 5.41) is 13.0. The van der Waals surface area contributed by atoms with Gasteiger partial charge in [-0.25, -0.2) is 4.39 Å². The number of benzene rings is 2. The second-order valence-electron chi connectivity index (χ2n) is 8.49. The highest BCUT2D eigenvalue weighted by molar-refractivity contribution is 5.96. The number of aliphatic hydroxyl groups is 1. The molecule has 0 aromatic heterocycles. The van der Waals surface area contributed by atoms with E-state index in [1.807, 2.05) is 5.73 Å². The molecule has 2 aromatic carbocycles. The van der Waals surface area contributed by atoms with E-state index in [2.05, 4.69) is 11.9 Å². The molecule has 2 unspecified atom stereocenters. The van der Waals surface area contributed by atoms with Gasteiger partial charge in [-0.15, -0.1) is 5.73 Å². The van der Waals surface area contributed by atoms with Gasteiger partial charge in [0.15, 0.2) is 5.60 Å². The van der Waals surface area contributed by atoms with Crippen LogP contribution in [-0.4, -0.2) is 29.9 Å². The van der Waals surface area contributed by atoms with Crippen LogP contribution < -0.4 is 10.1 Å². The second kappa shape index (κ2) is 9.81. The molecule has 0 aliphatic heterocycles. The average molecular weight is 465 g/mol. The lowest BCUT2D eigenvalue weighted by Crippen LogP contribution is -2.47. The fourth-order valence-electron chi connectivity index (χ4n) is 3.72. The van der Waals surface area contributed by atoms with Crippen LogP contribution in [0, 0.1) is 5.82 Å². The minimum absolute atomic E-state index is 0.118. The zero-order valence-corrected chi connectivity index (χ0v) is 18.9. The Bertz CT molecular complexity index is 1040. The van der Waals surface area contributed by atoms with Gasteiger partial charge in [-0.1, -0.05) is 38.6 Å². The molecule has 0 spiro atoms. The lowest BCUT2D eigenvalue weighted by Gasteiger charge is -2.36. The summed E-state index contributed by atoms with van der Waals surface area (Å²) < 4.78 is 59.9. The molecule has 0 radical (unpaired) electrons. The normalized spacial score (nSPS) is 14.6. The summed E-state index contributed by atoms with van der Waals surface area (Å²) in [5.74, 6) is -0.734. The van der Waals surface area contributed by atoms with Crippen molar-refractivity contribution in [3.8, 4) is 5.75 Å². The number of hydrogen-bond donors (Lipinski definition) is 2. The van der Waals surface area contributed by atoms with E-state index in [4.69, 9.17) is 4.74 Å². The first-order chi connectivity index (χ1) is 15.2. The van der Waals surface area contributed by atoms with Crippen LogP contribution in [0.3, 0.4) is 0 Å². The topological polar surface area (TPSA) is 58.6 Å². The number of alkyl halides is 3. The minimum Gasteiger partial charge on any atom is -0.497 e. The summed E-state index contributed by atoms with van der Waals surface area (Å²) in [5.41, 5.74) is -1.81. The number of ether oxygens (including phenoxy) is 1. The second-order valence-corrected chi connectivity index (χ2v) is 8.49. The fraction of sp³-hybridized carbons (Fsp3) is 0.360. The van der Waals surface area contributed by atoms with Crippen LogP contribution in [0.25, 0.3) is 0 Å². The predicted molar refractivity (Wildman–Crippen MR) is 118 cm³/mol. The summed E-state index contributed by atoms with van der Waals surface area (Å²) in [4.78, 5) is 13.0. The van der Waals surface area contributed by atoms with Crippen molar-refractivity contribution in [2.24, 2.45) is 0 Å². The third kappa shape index (κ3) is 6.03. The Morgan fingerprint density at radius 2 is 1.82 bits per heavy atom. The molecule has 0 saturated carbocycles. The summed E-state index contributed by atoms with van der Waals surface area (Å²) in [6.07, 6.45) is -5.38. The van der Waals surface area contributed by atoms with Crippen molar-refractivity contribution in [3.63, 3.8) is 0 Å². The van der Waals surface area contributed by atoms with E-state index in [0.29, 0.717) is 11.8 Å². The average Bonchev–Trinajstić information content (AvgIpc) is 2.72. The highest BCUT2D eigenvalue weighted by Gasteiger charge is 2.54. The molecule has 2 N–H and O–H groups in total. The van der Waals surface area contributed by atoms with Gasteiger partial charge in [0, 0.05) is 5.56 Å². The maximum Gasteiger partial charge on any atom is 0.421 e. The van der Waals surface area contributed by atoms with E-state index in [9.17, 15) is 27.5 Å². The summed E-state index contributed by atoms with van der Waals surface area (Å²) in [6, 6.07) is 9.78. The van der Waals surface area contributed by atoms with Crippen LogP contribution in [0.2, 0.25) is 0 Å². The van der Waals surface area contributed by atoms with Crippen LogP contribution in [0.15, 0.2) is 60.9 Å². The number of carbonyl (C=O) groups is 1. The molecule has 0 aliphatic rings. The van der Waals surface area contributed by atoms with Gasteiger partial charge in [-0.05, 0) is 60.2 Å². The quantitative estimate of drug-likeness (QED) is 0.393. The summed E-state index contributed by atoms with van der Waals surface area (Å²) in [7, 11) is 1.53. The Hall–Kier alpha value is -3.09. The lowest BCUT2D eigenvalue weighted by atomic mass is 9.73. The molecule has 0 bridgehead atoms. The van der Waals surface area contributed by atoms with Crippen molar-refractivity contribution in [2.45, 2.75) is 50.4 Å². The van der Waals surface area contributed by atoms with Gasteiger partial charge < -0.3 is 15.2 Å². The van der Waals surface area contributed by atoms with Gasteiger partial charge in [-0.3, -0.25) is 4.79 Å². The molecule has 2 rings (SSSR count). The molecular formula is C25H27F4NO3. The maximum absolute atomic E-state index is 14.0. The van der Waals surface area contributed by atoms with Crippen LogP contribution >= 0.6 is 0 Å². The zero-order valence-electron chi connectivity index (χ0n) is 18.9. The van der Waals surface area contributed by atoms with Crippen molar-refractivity contribution >= 4 is 5.91 Å². The Labute approximate surface area is 190 Å². The monoisotopic (exact) mass is 465 g/mol. The van der Waals surface area contributed by atoms with Crippen LogP contribution in [-0.2, 0) is 5.41 Å². The van der Waals surface area contributed by atoms with Crippen molar-refractivity contribution in [1.82, 2.24) is 5.32 Å². The van der Waals surface area contributed by atoms with Gasteiger partial charge >= 0.3 is 6.18 Å². The molecule has 4 nitrogen and oxygen atoms in total. The predicted octanol–water partition coefficient (Wildman–Crippen LogP) is 5.63. The van der Waals surface area contributed by atoms with Gasteiger partial charge in [0.05, 0.1) is 13.2 Å². The molecule has 33 heavy (non-hydrogen) atoms. The Kier molecular flexibility index (Phi) is 7.78. The number of methoxy groups -OCH3 is 1. The van der Waals surface area contributed by atoms with Gasteiger partial charge in [0.1, 0.15) is 11.6 Å². The first-order valence-electron chi connectivity index (χ1n) is 10.1. The van der Waals surface area contributed by atoms with E-state index in [1.165, 1.54) is 27.0 Å². The number of halogens is 4. The molecule has 8 heteroatoms. The van der Waals surface area contributed by atoms with E-state index >= 15 is 0 Å². The Balaban J connectivity index is 2.40. The Morgan fingerprint density at radius 3 is 2.33 bits per heavy atom. The van der Waals surface area contributed by atoms with Gasteiger partial charge in [0.2, 0.25) is 0 Å². The van der Waals surface area contributed by atoms with E-state index in [-0.39, 0.29) is 11.1 Å². The number of nitrogens with one attached hydrogen (secondary N) is 1. The number of carbonyl (C=O) groups excluding carboxylic acids is 1. The first-order valence-corrected chi connectivity index (χ1v) is 10.1. The highest BCUT2D eigenvalue weighted by Crippen LogP contribution is 2.42. The summed E-state index contributed by atoms with van der Waals surface area (Å²) >= 11 is 0. The number of rotatable bonds is 8. The molecular weight excluding hydrogens is 438 g/mol. The van der Waals surface area contributed by atoms with Crippen LogP contribution in [0.1, 0.15) is 54.7 Å².